The van der Waals surface area contributed by atoms with E-state index >= 15 is 0 Å². The lowest BCUT2D eigenvalue weighted by Gasteiger charge is -2.15. The Labute approximate surface area is 148 Å². The Morgan fingerprint density at radius 1 is 0.800 bits per heavy atom. The summed E-state index contributed by atoms with van der Waals surface area (Å²) in [5, 5.41) is 0. The maximum atomic E-state index is 12.6. The van der Waals surface area contributed by atoms with Gasteiger partial charge in [0.05, 0.1) is 28.4 Å². The normalized spacial score (nSPS) is 11.6. The van der Waals surface area contributed by atoms with Crippen molar-refractivity contribution in [3.8, 4) is 23.0 Å². The van der Waals surface area contributed by atoms with Gasteiger partial charge >= 0.3 is 0 Å². The maximum Gasteiger partial charge on any atom is 0.163 e. The van der Waals surface area contributed by atoms with E-state index in [0.717, 1.165) is 5.56 Å². The molecule has 0 bridgehead atoms. The molecule has 0 aromatic heterocycles. The van der Waals surface area contributed by atoms with Gasteiger partial charge in [0.15, 0.2) is 28.8 Å². The van der Waals surface area contributed by atoms with Crippen molar-refractivity contribution in [3.05, 3.63) is 47.5 Å². The molecule has 0 aliphatic rings. The SMILES string of the molecule is COc1ccc(C(=O)CC(C)c2ccc(OC)c(OC)c2)cc1OC. The molecular formula is C20H24O5. The van der Waals surface area contributed by atoms with Gasteiger partial charge in [0.25, 0.3) is 0 Å². The standard InChI is InChI=1S/C20H24O5/c1-13(14-6-8-17(22-2)19(11-14)24-4)10-16(21)15-7-9-18(23-3)20(12-15)25-5/h6-9,11-13H,10H2,1-5H3. The highest BCUT2D eigenvalue weighted by atomic mass is 16.5. The minimum atomic E-state index is 0.0420. The van der Waals surface area contributed by atoms with E-state index in [0.29, 0.717) is 35.0 Å². The zero-order chi connectivity index (χ0) is 18.4. The zero-order valence-electron chi connectivity index (χ0n) is 15.3. The minimum Gasteiger partial charge on any atom is -0.493 e. The van der Waals surface area contributed by atoms with Crippen LogP contribution in [-0.2, 0) is 0 Å². The summed E-state index contributed by atoms with van der Waals surface area (Å²) in [6, 6.07) is 10.9. The molecule has 134 valence electrons. The van der Waals surface area contributed by atoms with Crippen molar-refractivity contribution in [2.75, 3.05) is 28.4 Å². The van der Waals surface area contributed by atoms with Gasteiger partial charge in [-0.3, -0.25) is 4.79 Å². The van der Waals surface area contributed by atoms with Crippen LogP contribution in [0, 0.1) is 0 Å². The number of carbonyl (C=O) groups excluding carboxylic acids is 1. The smallest absolute Gasteiger partial charge is 0.163 e. The van der Waals surface area contributed by atoms with Gasteiger partial charge < -0.3 is 18.9 Å². The van der Waals surface area contributed by atoms with E-state index in [4.69, 9.17) is 18.9 Å². The van der Waals surface area contributed by atoms with Crippen molar-refractivity contribution >= 4 is 5.78 Å². The van der Waals surface area contributed by atoms with Crippen LogP contribution in [0.4, 0.5) is 0 Å². The molecule has 25 heavy (non-hydrogen) atoms. The number of Topliss-reactive ketones (excluding diaryl/α,β-unsaturated/α-hetero) is 1. The summed E-state index contributed by atoms with van der Waals surface area (Å²) in [7, 11) is 6.32. The molecule has 0 fully saturated rings. The maximum absolute atomic E-state index is 12.6. The fourth-order valence-corrected chi connectivity index (χ4v) is 2.68. The molecule has 5 heteroatoms. The number of hydrogen-bond acceptors (Lipinski definition) is 5. The summed E-state index contributed by atoms with van der Waals surface area (Å²) in [6.07, 6.45) is 0.380. The minimum absolute atomic E-state index is 0.0420. The van der Waals surface area contributed by atoms with Gasteiger partial charge in [-0.2, -0.15) is 0 Å². The van der Waals surface area contributed by atoms with Gasteiger partial charge in [-0.25, -0.2) is 0 Å². The third-order valence-corrected chi connectivity index (χ3v) is 4.17. The first-order valence-corrected chi connectivity index (χ1v) is 8.01. The molecule has 2 rings (SSSR count). The summed E-state index contributed by atoms with van der Waals surface area (Å²) in [4.78, 5) is 12.6. The summed E-state index contributed by atoms with van der Waals surface area (Å²) < 4.78 is 21.1. The fraction of sp³-hybridized carbons (Fsp3) is 0.350. The topological polar surface area (TPSA) is 54.0 Å². The molecule has 0 radical (unpaired) electrons. The van der Waals surface area contributed by atoms with Gasteiger partial charge in [0.2, 0.25) is 0 Å². The average Bonchev–Trinajstić information content (AvgIpc) is 2.66. The summed E-state index contributed by atoms with van der Waals surface area (Å²) in [6.45, 7) is 2.01. The number of carbonyl (C=O) groups is 1. The molecule has 0 amide bonds. The van der Waals surface area contributed by atoms with E-state index in [1.165, 1.54) is 0 Å². The second kappa shape index (κ2) is 8.42. The van der Waals surface area contributed by atoms with E-state index in [-0.39, 0.29) is 11.7 Å². The van der Waals surface area contributed by atoms with Crippen LogP contribution in [0.1, 0.15) is 35.2 Å². The second-order valence-corrected chi connectivity index (χ2v) is 5.71. The summed E-state index contributed by atoms with van der Waals surface area (Å²) >= 11 is 0. The highest BCUT2D eigenvalue weighted by Gasteiger charge is 2.17. The number of benzene rings is 2. The Morgan fingerprint density at radius 2 is 1.32 bits per heavy atom. The molecule has 0 N–H and O–H groups in total. The highest BCUT2D eigenvalue weighted by Crippen LogP contribution is 2.33. The Hall–Kier alpha value is -2.69. The average molecular weight is 344 g/mol. The van der Waals surface area contributed by atoms with Crippen LogP contribution in [0.2, 0.25) is 0 Å². The molecule has 1 atom stereocenters. The van der Waals surface area contributed by atoms with Crippen molar-refractivity contribution in [2.24, 2.45) is 0 Å². The van der Waals surface area contributed by atoms with Crippen LogP contribution in [-0.4, -0.2) is 34.2 Å². The summed E-state index contributed by atoms with van der Waals surface area (Å²) in [5.41, 5.74) is 1.62. The molecule has 0 heterocycles. The molecule has 2 aromatic rings. The van der Waals surface area contributed by atoms with E-state index in [2.05, 4.69) is 0 Å². The first kappa shape index (κ1) is 18.6. The molecule has 0 aliphatic heterocycles. The first-order chi connectivity index (χ1) is 12.0. The number of methoxy groups -OCH3 is 4. The van der Waals surface area contributed by atoms with Gasteiger partial charge in [-0.15, -0.1) is 0 Å². The second-order valence-electron chi connectivity index (χ2n) is 5.71. The van der Waals surface area contributed by atoms with E-state index in [1.807, 2.05) is 25.1 Å². The molecule has 0 spiro atoms. The van der Waals surface area contributed by atoms with E-state index in [9.17, 15) is 4.79 Å². The third-order valence-electron chi connectivity index (χ3n) is 4.17. The van der Waals surface area contributed by atoms with Gasteiger partial charge in [0, 0.05) is 12.0 Å². The van der Waals surface area contributed by atoms with Gasteiger partial charge in [0.1, 0.15) is 0 Å². The van der Waals surface area contributed by atoms with Crippen LogP contribution >= 0.6 is 0 Å². The monoisotopic (exact) mass is 344 g/mol. The zero-order valence-corrected chi connectivity index (χ0v) is 15.3. The number of ketones is 1. The Morgan fingerprint density at radius 3 is 1.88 bits per heavy atom. The summed E-state index contributed by atoms with van der Waals surface area (Å²) in [5.74, 6) is 2.57. The highest BCUT2D eigenvalue weighted by molar-refractivity contribution is 5.97. The largest absolute Gasteiger partial charge is 0.493 e. The predicted octanol–water partition coefficient (Wildman–Crippen LogP) is 4.10. The van der Waals surface area contributed by atoms with Crippen LogP contribution in [0.3, 0.4) is 0 Å². The van der Waals surface area contributed by atoms with Gasteiger partial charge in [-0.05, 0) is 41.8 Å². The van der Waals surface area contributed by atoms with E-state index < -0.39 is 0 Å². The molecule has 1 unspecified atom stereocenters. The van der Waals surface area contributed by atoms with Crippen LogP contribution in [0.15, 0.2) is 36.4 Å². The van der Waals surface area contributed by atoms with Crippen LogP contribution in [0.5, 0.6) is 23.0 Å². The van der Waals surface area contributed by atoms with Crippen molar-refractivity contribution < 1.29 is 23.7 Å². The molecule has 0 aliphatic carbocycles. The molecule has 0 saturated carbocycles. The molecule has 0 saturated heterocycles. The number of hydrogen-bond donors (Lipinski definition) is 0. The van der Waals surface area contributed by atoms with Crippen molar-refractivity contribution in [1.82, 2.24) is 0 Å². The third kappa shape index (κ3) is 4.24. The first-order valence-electron chi connectivity index (χ1n) is 8.01. The Balaban J connectivity index is 2.17. The predicted molar refractivity (Wildman–Crippen MR) is 96.5 cm³/mol. The van der Waals surface area contributed by atoms with E-state index in [1.54, 1.807) is 46.6 Å². The van der Waals surface area contributed by atoms with Crippen molar-refractivity contribution in [1.29, 1.82) is 0 Å². The van der Waals surface area contributed by atoms with Crippen molar-refractivity contribution in [3.63, 3.8) is 0 Å². The van der Waals surface area contributed by atoms with Gasteiger partial charge in [-0.1, -0.05) is 13.0 Å². The fourth-order valence-electron chi connectivity index (χ4n) is 2.68. The number of ether oxygens (including phenoxy) is 4. The van der Waals surface area contributed by atoms with Crippen molar-refractivity contribution in [2.45, 2.75) is 19.3 Å². The molecule has 5 nitrogen and oxygen atoms in total. The Bertz CT molecular complexity index is 739. The lowest BCUT2D eigenvalue weighted by Crippen LogP contribution is -2.06. The van der Waals surface area contributed by atoms with Crippen LogP contribution in [0.25, 0.3) is 0 Å². The lowest BCUT2D eigenvalue weighted by molar-refractivity contribution is 0.0975. The molecule has 2 aromatic carbocycles. The molecular weight excluding hydrogens is 320 g/mol. The Kier molecular flexibility index (Phi) is 6.28. The quantitative estimate of drug-likeness (QED) is 0.675. The number of rotatable bonds is 8. The lowest BCUT2D eigenvalue weighted by atomic mass is 9.93. The van der Waals surface area contributed by atoms with Crippen LogP contribution < -0.4 is 18.9 Å².